The van der Waals surface area contributed by atoms with E-state index < -0.39 is 29.8 Å². The number of alkyl halides is 1. The number of amides is 1. The van der Waals surface area contributed by atoms with Crippen molar-refractivity contribution in [1.29, 1.82) is 0 Å². The summed E-state index contributed by atoms with van der Waals surface area (Å²) < 4.78 is 46.5. The normalized spacial score (nSPS) is 18.0. The van der Waals surface area contributed by atoms with E-state index >= 15 is 4.39 Å². The molecule has 0 unspecified atom stereocenters. The predicted octanol–water partition coefficient (Wildman–Crippen LogP) is 6.55. The zero-order valence-corrected chi connectivity index (χ0v) is 22.2. The van der Waals surface area contributed by atoms with Crippen LogP contribution in [0.3, 0.4) is 0 Å². The summed E-state index contributed by atoms with van der Waals surface area (Å²) in [5, 5.41) is 3.24. The van der Waals surface area contributed by atoms with Gasteiger partial charge in [-0.3, -0.25) is 0 Å². The Morgan fingerprint density at radius 3 is 2.62 bits per heavy atom. The third-order valence-corrected chi connectivity index (χ3v) is 6.40. The van der Waals surface area contributed by atoms with E-state index in [0.717, 1.165) is 0 Å². The van der Waals surface area contributed by atoms with E-state index in [4.69, 9.17) is 37.4 Å². The van der Waals surface area contributed by atoms with Crippen molar-refractivity contribution in [3.8, 4) is 11.5 Å². The van der Waals surface area contributed by atoms with E-state index in [0.29, 0.717) is 16.7 Å². The number of ether oxygens (including phenoxy) is 3. The monoisotopic (exact) mass is 554 g/mol. The van der Waals surface area contributed by atoms with Gasteiger partial charge in [0.05, 0.1) is 34.9 Å². The van der Waals surface area contributed by atoms with Crippen LogP contribution in [0, 0.1) is 5.82 Å². The summed E-state index contributed by atoms with van der Waals surface area (Å²) in [7, 11) is 1.46. The van der Waals surface area contributed by atoms with Crippen LogP contribution in [-0.4, -0.2) is 59.0 Å². The fourth-order valence-electron chi connectivity index (χ4n) is 3.84. The van der Waals surface area contributed by atoms with Gasteiger partial charge in [0.15, 0.2) is 23.5 Å². The summed E-state index contributed by atoms with van der Waals surface area (Å²) in [5.41, 5.74) is -0.132. The summed E-state index contributed by atoms with van der Waals surface area (Å²) in [6.45, 7) is 5.36. The number of benzene rings is 2. The first-order valence-corrected chi connectivity index (χ1v) is 12.2. The molecule has 0 radical (unpaired) electrons. The molecule has 0 saturated carbocycles. The standard InChI is InChI=1S/C25H26Cl2F2N4O4/c1-25(2,3)37-24(34)33-8-7-18(15(28)11-33)36-20-9-13-17(10-19(20)35-4)30-12-31-23(13)32-16-6-5-14(26)21(27)22(16)29/h5-6,9-10,12,15,18H,7-8,11H2,1-4H3,(H,30,31,32)/t15-,18-/m1/s1. The number of hydrogen-bond acceptors (Lipinski definition) is 7. The molecule has 37 heavy (non-hydrogen) atoms. The Kier molecular flexibility index (Phi) is 7.80. The van der Waals surface area contributed by atoms with E-state index in [1.807, 2.05) is 0 Å². The number of nitrogens with zero attached hydrogens (tertiary/aromatic N) is 3. The minimum Gasteiger partial charge on any atom is -0.493 e. The lowest BCUT2D eigenvalue weighted by Gasteiger charge is -2.35. The van der Waals surface area contributed by atoms with Crippen LogP contribution in [0.2, 0.25) is 10.0 Å². The minimum atomic E-state index is -1.46. The molecule has 2 heterocycles. The number of aromatic nitrogens is 2. The average molecular weight is 555 g/mol. The molecule has 0 spiro atoms. The molecule has 12 heteroatoms. The van der Waals surface area contributed by atoms with Gasteiger partial charge in [0, 0.05) is 24.4 Å². The van der Waals surface area contributed by atoms with Crippen LogP contribution >= 0.6 is 23.2 Å². The highest BCUT2D eigenvalue weighted by Gasteiger charge is 2.35. The van der Waals surface area contributed by atoms with Crippen LogP contribution in [-0.2, 0) is 4.74 Å². The van der Waals surface area contributed by atoms with Gasteiger partial charge in [0.25, 0.3) is 0 Å². The number of halogens is 4. The average Bonchev–Trinajstić information content (AvgIpc) is 2.84. The molecular formula is C25H26Cl2F2N4O4. The van der Waals surface area contributed by atoms with Gasteiger partial charge in [-0.25, -0.2) is 23.5 Å². The van der Waals surface area contributed by atoms with Crippen molar-refractivity contribution < 1.29 is 27.8 Å². The number of nitrogens with one attached hydrogen (secondary N) is 1. The lowest BCUT2D eigenvalue weighted by Crippen LogP contribution is -2.50. The number of piperidine rings is 1. The van der Waals surface area contributed by atoms with Crippen LogP contribution in [0.15, 0.2) is 30.6 Å². The molecule has 0 bridgehead atoms. The van der Waals surface area contributed by atoms with E-state index in [-0.39, 0.29) is 46.8 Å². The highest BCUT2D eigenvalue weighted by Crippen LogP contribution is 2.38. The van der Waals surface area contributed by atoms with Crippen molar-refractivity contribution in [3.05, 3.63) is 46.5 Å². The fourth-order valence-corrected chi connectivity index (χ4v) is 4.15. The summed E-state index contributed by atoms with van der Waals surface area (Å²) in [4.78, 5) is 22.1. The molecule has 1 aliphatic rings. The van der Waals surface area contributed by atoms with Crippen molar-refractivity contribution in [1.82, 2.24) is 14.9 Å². The molecule has 1 N–H and O–H groups in total. The van der Waals surface area contributed by atoms with E-state index in [2.05, 4.69) is 15.3 Å². The van der Waals surface area contributed by atoms with Crippen molar-refractivity contribution in [3.63, 3.8) is 0 Å². The zero-order chi connectivity index (χ0) is 26.9. The third-order valence-electron chi connectivity index (χ3n) is 5.62. The number of carbonyl (C=O) groups is 1. The maximum Gasteiger partial charge on any atom is 0.410 e. The molecule has 1 saturated heterocycles. The lowest BCUT2D eigenvalue weighted by atomic mass is 10.1. The molecular weight excluding hydrogens is 529 g/mol. The first kappa shape index (κ1) is 26.9. The SMILES string of the molecule is COc1cc2ncnc(Nc3ccc(Cl)c(Cl)c3F)c2cc1O[C@@H]1CCN(C(=O)OC(C)(C)C)C[C@H]1F. The quantitative estimate of drug-likeness (QED) is 0.357. The number of hydrogen-bond donors (Lipinski definition) is 1. The second-order valence-corrected chi connectivity index (χ2v) is 10.3. The Hall–Kier alpha value is -3.11. The van der Waals surface area contributed by atoms with Crippen LogP contribution in [0.1, 0.15) is 27.2 Å². The first-order chi connectivity index (χ1) is 17.5. The number of anilines is 2. The maximum absolute atomic E-state index is 15.1. The predicted molar refractivity (Wildman–Crippen MR) is 138 cm³/mol. The van der Waals surface area contributed by atoms with Gasteiger partial charge in [-0.1, -0.05) is 23.2 Å². The van der Waals surface area contributed by atoms with Gasteiger partial charge in [0.2, 0.25) is 0 Å². The summed E-state index contributed by atoms with van der Waals surface area (Å²) in [6.07, 6.45) is -1.31. The van der Waals surface area contributed by atoms with Gasteiger partial charge < -0.3 is 24.4 Å². The summed E-state index contributed by atoms with van der Waals surface area (Å²) >= 11 is 11.8. The Morgan fingerprint density at radius 1 is 1.19 bits per heavy atom. The smallest absolute Gasteiger partial charge is 0.410 e. The molecule has 1 fully saturated rings. The van der Waals surface area contributed by atoms with Gasteiger partial charge in [0.1, 0.15) is 23.9 Å². The molecule has 1 amide bonds. The third kappa shape index (κ3) is 6.07. The highest BCUT2D eigenvalue weighted by molar-refractivity contribution is 6.42. The lowest BCUT2D eigenvalue weighted by molar-refractivity contribution is -0.0109. The topological polar surface area (TPSA) is 85.8 Å². The first-order valence-electron chi connectivity index (χ1n) is 11.5. The van der Waals surface area contributed by atoms with Crippen molar-refractivity contribution in [2.45, 2.75) is 45.1 Å². The fraction of sp³-hybridized carbons (Fsp3) is 0.400. The van der Waals surface area contributed by atoms with Crippen LogP contribution in [0.4, 0.5) is 25.1 Å². The molecule has 4 rings (SSSR count). The number of methoxy groups -OCH3 is 1. The van der Waals surface area contributed by atoms with Gasteiger partial charge >= 0.3 is 6.09 Å². The molecule has 8 nitrogen and oxygen atoms in total. The largest absolute Gasteiger partial charge is 0.493 e. The maximum atomic E-state index is 15.1. The number of likely N-dealkylation sites (tertiary alicyclic amines) is 1. The Bertz CT molecular complexity index is 1320. The highest BCUT2D eigenvalue weighted by atomic mass is 35.5. The molecule has 2 atom stereocenters. The van der Waals surface area contributed by atoms with Crippen molar-refractivity contribution >= 4 is 51.7 Å². The Balaban J connectivity index is 1.58. The summed E-state index contributed by atoms with van der Waals surface area (Å²) in [6, 6.07) is 6.11. The number of carbonyl (C=O) groups excluding carboxylic acids is 1. The van der Waals surface area contributed by atoms with Crippen LogP contribution < -0.4 is 14.8 Å². The molecule has 198 valence electrons. The number of fused-ring (bicyclic) bond motifs is 1. The number of rotatable bonds is 5. The van der Waals surface area contributed by atoms with Crippen molar-refractivity contribution in [2.75, 3.05) is 25.5 Å². The Labute approximate surface area is 222 Å². The van der Waals surface area contributed by atoms with Gasteiger partial charge in [-0.15, -0.1) is 0 Å². The van der Waals surface area contributed by atoms with E-state index in [9.17, 15) is 9.18 Å². The van der Waals surface area contributed by atoms with Crippen LogP contribution in [0.25, 0.3) is 10.9 Å². The van der Waals surface area contributed by atoms with E-state index in [1.165, 1.54) is 30.5 Å². The minimum absolute atomic E-state index is 0.0611. The molecule has 1 aliphatic heterocycles. The van der Waals surface area contributed by atoms with Crippen LogP contribution in [0.5, 0.6) is 11.5 Å². The molecule has 1 aromatic heterocycles. The van der Waals surface area contributed by atoms with E-state index in [1.54, 1.807) is 32.9 Å². The van der Waals surface area contributed by atoms with Gasteiger partial charge in [-0.05, 0) is 39.0 Å². The second kappa shape index (κ2) is 10.7. The zero-order valence-electron chi connectivity index (χ0n) is 20.6. The molecule has 3 aromatic rings. The Morgan fingerprint density at radius 2 is 1.95 bits per heavy atom. The second-order valence-electron chi connectivity index (χ2n) is 9.48. The van der Waals surface area contributed by atoms with Crippen molar-refractivity contribution in [2.24, 2.45) is 0 Å². The molecule has 2 aromatic carbocycles. The molecule has 0 aliphatic carbocycles. The van der Waals surface area contributed by atoms with Gasteiger partial charge in [-0.2, -0.15) is 0 Å². The summed E-state index contributed by atoms with van der Waals surface area (Å²) in [5.74, 6) is 0.120.